The zero-order chi connectivity index (χ0) is 13.4. The molecule has 0 fully saturated rings. The highest BCUT2D eigenvalue weighted by Gasteiger charge is 2.26. The first-order valence-corrected chi connectivity index (χ1v) is 7.49. The van der Waals surface area contributed by atoms with Crippen LogP contribution in [0.3, 0.4) is 0 Å². The first-order valence-electron chi connectivity index (χ1n) is 6.23. The number of nitrogens with zero attached hydrogens (tertiary/aromatic N) is 2. The summed E-state index contributed by atoms with van der Waals surface area (Å²) in [5.74, 6) is 0. The third kappa shape index (κ3) is 2.11. The summed E-state index contributed by atoms with van der Waals surface area (Å²) in [5, 5.41) is 12.1. The van der Waals surface area contributed by atoms with E-state index in [1.54, 1.807) is 12.1 Å². The Morgan fingerprint density at radius 1 is 1.42 bits per heavy atom. The second-order valence-electron chi connectivity index (χ2n) is 4.69. The quantitative estimate of drug-likeness (QED) is 0.778. The normalized spacial score (nSPS) is 17.9. The van der Waals surface area contributed by atoms with Crippen molar-refractivity contribution in [3.05, 3.63) is 50.7 Å². The number of rotatable bonds is 1. The van der Waals surface area contributed by atoms with Crippen molar-refractivity contribution < 1.29 is 0 Å². The van der Waals surface area contributed by atoms with Crippen molar-refractivity contribution in [1.82, 2.24) is 0 Å². The minimum Gasteiger partial charge on any atom is -0.363 e. The molecule has 19 heavy (non-hydrogen) atoms. The molecule has 0 saturated carbocycles. The van der Waals surface area contributed by atoms with Crippen molar-refractivity contribution in [2.24, 2.45) is 0 Å². The highest BCUT2D eigenvalue weighted by Crippen LogP contribution is 2.37. The molecule has 96 valence electrons. The van der Waals surface area contributed by atoms with Crippen LogP contribution < -0.4 is 4.90 Å². The summed E-state index contributed by atoms with van der Waals surface area (Å²) in [5.41, 5.74) is 3.01. The van der Waals surface area contributed by atoms with E-state index < -0.39 is 0 Å². The molecule has 3 rings (SSSR count). The third-order valence-corrected chi connectivity index (χ3v) is 4.90. The minimum atomic E-state index is 0.292. The van der Waals surface area contributed by atoms with Gasteiger partial charge in [0.05, 0.1) is 17.3 Å². The number of nitriles is 1. The predicted octanol–water partition coefficient (Wildman–Crippen LogP) is 4.40. The van der Waals surface area contributed by atoms with Crippen LogP contribution in [0.25, 0.3) is 0 Å². The molecule has 0 bridgehead atoms. The molecule has 2 heterocycles. The number of anilines is 1. The summed E-state index contributed by atoms with van der Waals surface area (Å²) >= 11 is 7.91. The van der Waals surface area contributed by atoms with E-state index in [2.05, 4.69) is 29.3 Å². The summed E-state index contributed by atoms with van der Waals surface area (Å²) in [4.78, 5) is 3.74. The van der Waals surface area contributed by atoms with Gasteiger partial charge in [0, 0.05) is 16.4 Å². The van der Waals surface area contributed by atoms with Crippen LogP contribution in [0.4, 0.5) is 5.69 Å². The molecule has 0 N–H and O–H groups in total. The van der Waals surface area contributed by atoms with Gasteiger partial charge in [0.25, 0.3) is 0 Å². The van der Waals surface area contributed by atoms with Crippen LogP contribution in [-0.2, 0) is 6.42 Å². The van der Waals surface area contributed by atoms with Gasteiger partial charge in [0.1, 0.15) is 6.07 Å². The van der Waals surface area contributed by atoms with Crippen molar-refractivity contribution >= 4 is 28.6 Å². The molecule has 0 aliphatic carbocycles. The van der Waals surface area contributed by atoms with Crippen LogP contribution in [0.1, 0.15) is 29.0 Å². The van der Waals surface area contributed by atoms with Crippen LogP contribution in [-0.4, -0.2) is 6.54 Å². The molecule has 1 aliphatic heterocycles. The fourth-order valence-electron chi connectivity index (χ4n) is 2.68. The Morgan fingerprint density at radius 3 is 3.05 bits per heavy atom. The van der Waals surface area contributed by atoms with E-state index in [4.69, 9.17) is 11.6 Å². The van der Waals surface area contributed by atoms with Gasteiger partial charge in [0.15, 0.2) is 0 Å². The topological polar surface area (TPSA) is 27.0 Å². The highest BCUT2D eigenvalue weighted by atomic mass is 35.5. The van der Waals surface area contributed by atoms with E-state index in [1.165, 1.54) is 10.4 Å². The SMILES string of the molecule is CC1c2ccsc2CCN1c1cc(Cl)ccc1C#N. The first kappa shape index (κ1) is 12.5. The van der Waals surface area contributed by atoms with Crippen LogP contribution in [0.15, 0.2) is 29.6 Å². The number of fused-ring (bicyclic) bond motifs is 1. The summed E-state index contributed by atoms with van der Waals surface area (Å²) in [7, 11) is 0. The van der Waals surface area contributed by atoms with E-state index in [-0.39, 0.29) is 0 Å². The zero-order valence-electron chi connectivity index (χ0n) is 10.6. The maximum absolute atomic E-state index is 9.26. The van der Waals surface area contributed by atoms with Crippen molar-refractivity contribution in [2.45, 2.75) is 19.4 Å². The van der Waals surface area contributed by atoms with Crippen molar-refractivity contribution in [3.8, 4) is 6.07 Å². The smallest absolute Gasteiger partial charge is 0.101 e. The van der Waals surface area contributed by atoms with Gasteiger partial charge in [-0.3, -0.25) is 0 Å². The lowest BCUT2D eigenvalue weighted by Crippen LogP contribution is -2.33. The molecule has 2 aromatic rings. The molecule has 0 amide bonds. The van der Waals surface area contributed by atoms with Gasteiger partial charge in [-0.2, -0.15) is 5.26 Å². The fourth-order valence-corrected chi connectivity index (χ4v) is 3.80. The maximum atomic E-state index is 9.26. The molecule has 4 heteroatoms. The number of thiophene rings is 1. The lowest BCUT2D eigenvalue weighted by molar-refractivity contribution is 0.632. The van der Waals surface area contributed by atoms with Gasteiger partial charge in [-0.15, -0.1) is 11.3 Å². The van der Waals surface area contributed by atoms with Crippen LogP contribution in [0.5, 0.6) is 0 Å². The number of hydrogen-bond acceptors (Lipinski definition) is 3. The Balaban J connectivity index is 2.05. The van der Waals surface area contributed by atoms with Gasteiger partial charge in [-0.25, -0.2) is 0 Å². The molecule has 1 aliphatic rings. The van der Waals surface area contributed by atoms with E-state index in [1.807, 2.05) is 17.4 Å². The molecule has 2 nitrogen and oxygen atoms in total. The van der Waals surface area contributed by atoms with Crippen molar-refractivity contribution in [1.29, 1.82) is 5.26 Å². The standard InChI is InChI=1S/C15H13ClN2S/c1-10-13-5-7-19-15(13)4-6-18(10)14-8-12(16)3-2-11(14)9-17/h2-3,5,7-8,10H,4,6H2,1H3. The molecular formula is C15H13ClN2S. The van der Waals surface area contributed by atoms with E-state index in [9.17, 15) is 5.26 Å². The average molecular weight is 289 g/mol. The highest BCUT2D eigenvalue weighted by molar-refractivity contribution is 7.10. The van der Waals surface area contributed by atoms with Crippen LogP contribution >= 0.6 is 22.9 Å². The lowest BCUT2D eigenvalue weighted by Gasteiger charge is -2.36. The Labute approximate surface area is 121 Å². The monoisotopic (exact) mass is 288 g/mol. The number of hydrogen-bond donors (Lipinski definition) is 0. The lowest BCUT2D eigenvalue weighted by atomic mass is 9.99. The largest absolute Gasteiger partial charge is 0.363 e. The molecule has 1 aromatic carbocycles. The summed E-state index contributed by atoms with van der Waals surface area (Å²) < 4.78 is 0. The van der Waals surface area contributed by atoms with E-state index in [0.29, 0.717) is 16.6 Å². The van der Waals surface area contributed by atoms with Crippen LogP contribution in [0.2, 0.25) is 5.02 Å². The minimum absolute atomic E-state index is 0.292. The Morgan fingerprint density at radius 2 is 2.26 bits per heavy atom. The molecule has 0 radical (unpaired) electrons. The second-order valence-corrected chi connectivity index (χ2v) is 6.13. The molecule has 1 unspecified atom stereocenters. The van der Waals surface area contributed by atoms with Gasteiger partial charge in [-0.05, 0) is 48.6 Å². The Kier molecular flexibility index (Phi) is 3.22. The van der Waals surface area contributed by atoms with Gasteiger partial charge in [0.2, 0.25) is 0 Å². The Hall–Kier alpha value is -1.50. The van der Waals surface area contributed by atoms with Crippen molar-refractivity contribution in [2.75, 3.05) is 11.4 Å². The molecule has 0 saturated heterocycles. The fraction of sp³-hybridized carbons (Fsp3) is 0.267. The molecule has 1 aromatic heterocycles. The predicted molar refractivity (Wildman–Crippen MR) is 80.0 cm³/mol. The maximum Gasteiger partial charge on any atom is 0.101 e. The van der Waals surface area contributed by atoms with Gasteiger partial charge in [-0.1, -0.05) is 11.6 Å². The summed E-state index contributed by atoms with van der Waals surface area (Å²) in [6.45, 7) is 3.12. The number of halogens is 1. The zero-order valence-corrected chi connectivity index (χ0v) is 12.1. The third-order valence-electron chi connectivity index (χ3n) is 3.67. The van der Waals surface area contributed by atoms with Crippen LogP contribution in [0, 0.1) is 11.3 Å². The second kappa shape index (κ2) is 4.88. The van der Waals surface area contributed by atoms with Gasteiger partial charge < -0.3 is 4.90 Å². The molecule has 1 atom stereocenters. The summed E-state index contributed by atoms with van der Waals surface area (Å²) in [6, 6.07) is 10.2. The average Bonchev–Trinajstić information content (AvgIpc) is 2.88. The Bertz CT molecular complexity index is 656. The number of benzene rings is 1. The van der Waals surface area contributed by atoms with E-state index in [0.717, 1.165) is 18.7 Å². The molecular weight excluding hydrogens is 276 g/mol. The first-order chi connectivity index (χ1) is 9.20. The van der Waals surface area contributed by atoms with Crippen molar-refractivity contribution in [3.63, 3.8) is 0 Å². The summed E-state index contributed by atoms with van der Waals surface area (Å²) in [6.07, 6.45) is 1.04. The van der Waals surface area contributed by atoms with Gasteiger partial charge >= 0.3 is 0 Å². The van der Waals surface area contributed by atoms with E-state index >= 15 is 0 Å². The molecule has 0 spiro atoms.